The van der Waals surface area contributed by atoms with E-state index in [1.165, 1.54) is 24.6 Å². The Morgan fingerprint density at radius 1 is 1.03 bits per heavy atom. The van der Waals surface area contributed by atoms with E-state index in [4.69, 9.17) is 9.15 Å². The van der Waals surface area contributed by atoms with E-state index in [-0.39, 0.29) is 22.7 Å². The van der Waals surface area contributed by atoms with Gasteiger partial charge in [-0.15, -0.1) is 0 Å². The molecule has 0 aliphatic carbocycles. The molecule has 1 amide bonds. The number of esters is 1. The number of nitrogens with zero attached hydrogens (tertiary/aromatic N) is 1. The van der Waals surface area contributed by atoms with Gasteiger partial charge in [-0.25, -0.2) is 14.6 Å². The van der Waals surface area contributed by atoms with Crippen LogP contribution in [0, 0.1) is 5.82 Å². The van der Waals surface area contributed by atoms with Gasteiger partial charge in [-0.1, -0.05) is 58.4 Å². The molecule has 5 rings (SSSR count). The van der Waals surface area contributed by atoms with Crippen molar-refractivity contribution < 1.29 is 23.1 Å². The maximum Gasteiger partial charge on any atom is 0.379 e. The third-order valence-corrected chi connectivity index (χ3v) is 5.83. The summed E-state index contributed by atoms with van der Waals surface area (Å²) in [5, 5.41) is 4.62. The molecule has 0 unspecified atom stereocenters. The molecule has 7 nitrogen and oxygen atoms in total. The smallest absolute Gasteiger partial charge is 0.379 e. The van der Waals surface area contributed by atoms with Crippen LogP contribution >= 0.6 is 15.9 Å². The standard InChI is InChI=1S/C27H17BrFN3O4/c28-18-11-12-21(36-27(34)22-10-5-13-35-22)17(14-18)15-30-32-26(33)25-23(16-6-2-1-3-7-16)19-8-4-9-20(29)24(19)31-25/h1-15,31H,(H,32,33). The molecule has 2 N–H and O–H groups in total. The Hall–Kier alpha value is -4.50. The minimum Gasteiger partial charge on any atom is -0.457 e. The number of aromatic amines is 1. The molecule has 178 valence electrons. The molecule has 2 aromatic heterocycles. The molecule has 0 aliphatic rings. The number of H-pyrrole nitrogens is 1. The molecule has 0 fully saturated rings. The van der Waals surface area contributed by atoms with E-state index in [0.717, 1.165) is 5.56 Å². The topological polar surface area (TPSA) is 96.7 Å². The van der Waals surface area contributed by atoms with Crippen LogP contribution in [0.25, 0.3) is 22.0 Å². The number of aromatic nitrogens is 1. The molecule has 0 radical (unpaired) electrons. The Labute approximate surface area is 212 Å². The summed E-state index contributed by atoms with van der Waals surface area (Å²) in [5.41, 5.74) is 4.60. The van der Waals surface area contributed by atoms with Crippen LogP contribution in [0.2, 0.25) is 0 Å². The van der Waals surface area contributed by atoms with Crippen molar-refractivity contribution in [1.29, 1.82) is 0 Å². The summed E-state index contributed by atoms with van der Waals surface area (Å²) in [5.74, 6) is -1.44. The van der Waals surface area contributed by atoms with Crippen molar-refractivity contribution in [2.75, 3.05) is 0 Å². The number of hydrazone groups is 1. The number of furan rings is 1. The maximum atomic E-state index is 14.5. The number of fused-ring (bicyclic) bond motifs is 1. The summed E-state index contributed by atoms with van der Waals surface area (Å²) >= 11 is 3.37. The Morgan fingerprint density at radius 3 is 2.64 bits per heavy atom. The zero-order valence-electron chi connectivity index (χ0n) is 18.5. The average molecular weight is 546 g/mol. The van der Waals surface area contributed by atoms with E-state index in [0.29, 0.717) is 21.0 Å². The SMILES string of the molecule is O=C(Oc1ccc(Br)cc1C=NNC(=O)c1[nH]c2c(F)cccc2c1-c1ccccc1)c1ccco1. The Bertz CT molecular complexity index is 1590. The molecular weight excluding hydrogens is 529 g/mol. The van der Waals surface area contributed by atoms with Gasteiger partial charge in [-0.2, -0.15) is 5.10 Å². The number of hydrogen-bond acceptors (Lipinski definition) is 5. The van der Waals surface area contributed by atoms with Crippen LogP contribution in [0.3, 0.4) is 0 Å². The predicted molar refractivity (Wildman–Crippen MR) is 137 cm³/mol. The number of halogens is 2. The monoisotopic (exact) mass is 545 g/mol. The van der Waals surface area contributed by atoms with E-state index >= 15 is 0 Å². The third-order valence-electron chi connectivity index (χ3n) is 5.34. The summed E-state index contributed by atoms with van der Waals surface area (Å²) in [6.45, 7) is 0. The van der Waals surface area contributed by atoms with E-state index in [1.54, 1.807) is 36.4 Å². The highest BCUT2D eigenvalue weighted by molar-refractivity contribution is 9.10. The number of benzene rings is 3. The minimum absolute atomic E-state index is 0.0496. The number of nitrogens with one attached hydrogen (secondary N) is 2. The third kappa shape index (κ3) is 4.69. The van der Waals surface area contributed by atoms with Crippen LogP contribution in [-0.4, -0.2) is 23.1 Å². The zero-order valence-corrected chi connectivity index (χ0v) is 20.1. The van der Waals surface area contributed by atoms with Crippen molar-refractivity contribution in [1.82, 2.24) is 10.4 Å². The first-order chi connectivity index (χ1) is 17.5. The van der Waals surface area contributed by atoms with Crippen LogP contribution in [0.4, 0.5) is 4.39 Å². The summed E-state index contributed by atoms with van der Waals surface area (Å²) in [6.07, 6.45) is 2.72. The highest BCUT2D eigenvalue weighted by atomic mass is 79.9. The largest absolute Gasteiger partial charge is 0.457 e. The Kier molecular flexibility index (Phi) is 6.46. The van der Waals surface area contributed by atoms with Crippen LogP contribution in [0.5, 0.6) is 5.75 Å². The molecule has 36 heavy (non-hydrogen) atoms. The van der Waals surface area contributed by atoms with Crippen molar-refractivity contribution in [3.63, 3.8) is 0 Å². The first kappa shape index (κ1) is 23.3. The molecular formula is C27H17BrFN3O4. The second-order valence-corrected chi connectivity index (χ2v) is 8.57. The molecule has 2 heterocycles. The van der Waals surface area contributed by atoms with Crippen molar-refractivity contribution in [3.8, 4) is 16.9 Å². The van der Waals surface area contributed by atoms with Gasteiger partial charge >= 0.3 is 5.97 Å². The molecule has 0 spiro atoms. The number of para-hydroxylation sites is 1. The average Bonchev–Trinajstić information content (AvgIpc) is 3.55. The van der Waals surface area contributed by atoms with Crippen molar-refractivity contribution in [2.24, 2.45) is 5.10 Å². The van der Waals surface area contributed by atoms with Crippen LogP contribution in [0.1, 0.15) is 26.6 Å². The van der Waals surface area contributed by atoms with Gasteiger partial charge in [0.2, 0.25) is 5.76 Å². The van der Waals surface area contributed by atoms with E-state index in [2.05, 4.69) is 31.4 Å². The highest BCUT2D eigenvalue weighted by Gasteiger charge is 2.21. The first-order valence-corrected chi connectivity index (χ1v) is 11.5. The summed E-state index contributed by atoms with van der Waals surface area (Å²) in [6, 6.07) is 21.9. The first-order valence-electron chi connectivity index (χ1n) is 10.8. The summed E-state index contributed by atoms with van der Waals surface area (Å²) in [7, 11) is 0. The number of hydrogen-bond donors (Lipinski definition) is 2. The summed E-state index contributed by atoms with van der Waals surface area (Å²) in [4.78, 5) is 28.3. The lowest BCUT2D eigenvalue weighted by molar-refractivity contribution is 0.0700. The number of ether oxygens (including phenoxy) is 1. The Balaban J connectivity index is 1.43. The Morgan fingerprint density at radius 2 is 1.86 bits per heavy atom. The second-order valence-electron chi connectivity index (χ2n) is 7.65. The number of rotatable bonds is 6. The lowest BCUT2D eigenvalue weighted by Crippen LogP contribution is -2.19. The molecule has 0 saturated carbocycles. The quantitative estimate of drug-likeness (QED) is 0.113. The molecule has 5 aromatic rings. The number of amides is 1. The van der Waals surface area contributed by atoms with Crippen molar-refractivity contribution in [2.45, 2.75) is 0 Å². The van der Waals surface area contributed by atoms with Crippen molar-refractivity contribution >= 4 is 44.9 Å². The summed E-state index contributed by atoms with van der Waals surface area (Å²) < 4.78 is 25.7. The van der Waals surface area contributed by atoms with E-state index < -0.39 is 17.7 Å². The highest BCUT2D eigenvalue weighted by Crippen LogP contribution is 2.33. The zero-order chi connectivity index (χ0) is 25.1. The molecule has 3 aromatic carbocycles. The van der Waals surface area contributed by atoms with Gasteiger partial charge in [-0.05, 0) is 42.0 Å². The minimum atomic E-state index is -0.673. The fraction of sp³-hybridized carbons (Fsp3) is 0. The second kappa shape index (κ2) is 10.0. The van der Waals surface area contributed by atoms with Crippen molar-refractivity contribution in [3.05, 3.63) is 112 Å². The molecule has 9 heteroatoms. The number of carbonyl (C=O) groups is 2. The molecule has 0 atom stereocenters. The fourth-order valence-electron chi connectivity index (χ4n) is 3.73. The molecule has 0 aliphatic heterocycles. The lowest BCUT2D eigenvalue weighted by atomic mass is 10.0. The van der Waals surface area contributed by atoms with Gasteiger partial charge in [0.15, 0.2) is 0 Å². The van der Waals surface area contributed by atoms with Gasteiger partial charge in [0.25, 0.3) is 5.91 Å². The van der Waals surface area contributed by atoms with Crippen LogP contribution in [0.15, 0.2) is 99.1 Å². The fourth-order valence-corrected chi connectivity index (χ4v) is 4.11. The van der Waals surface area contributed by atoms with Gasteiger partial charge < -0.3 is 14.1 Å². The van der Waals surface area contributed by atoms with Gasteiger partial charge in [-0.3, -0.25) is 4.79 Å². The van der Waals surface area contributed by atoms with Crippen LogP contribution < -0.4 is 10.2 Å². The van der Waals surface area contributed by atoms with Gasteiger partial charge in [0, 0.05) is 21.0 Å². The van der Waals surface area contributed by atoms with Gasteiger partial charge in [0.05, 0.1) is 18.0 Å². The van der Waals surface area contributed by atoms with Crippen LogP contribution in [-0.2, 0) is 0 Å². The van der Waals surface area contributed by atoms with Gasteiger partial charge in [0.1, 0.15) is 17.3 Å². The lowest BCUT2D eigenvalue weighted by Gasteiger charge is -2.07. The maximum absolute atomic E-state index is 14.5. The molecule has 0 saturated heterocycles. The number of carbonyl (C=O) groups excluding carboxylic acids is 2. The van der Waals surface area contributed by atoms with E-state index in [9.17, 15) is 14.0 Å². The molecule has 0 bridgehead atoms. The normalized spacial score (nSPS) is 11.2. The van der Waals surface area contributed by atoms with E-state index in [1.807, 2.05) is 30.3 Å². The predicted octanol–water partition coefficient (Wildman–Crippen LogP) is 6.31.